The van der Waals surface area contributed by atoms with Crippen LogP contribution in [0.1, 0.15) is 48.9 Å². The summed E-state index contributed by atoms with van der Waals surface area (Å²) in [6.45, 7) is 12.7. The number of piperidine rings is 1. The molecular weight excluding hydrogens is 727 g/mol. The Morgan fingerprint density at radius 2 is 1.53 bits per heavy atom. The van der Waals surface area contributed by atoms with Gasteiger partial charge in [-0.3, -0.25) is 4.90 Å². The van der Waals surface area contributed by atoms with E-state index in [-0.39, 0.29) is 18.8 Å². The summed E-state index contributed by atoms with van der Waals surface area (Å²) < 4.78 is 56.0. The van der Waals surface area contributed by atoms with Gasteiger partial charge in [0.25, 0.3) is 0 Å². The van der Waals surface area contributed by atoms with Gasteiger partial charge in [-0.1, -0.05) is 73.7 Å². The van der Waals surface area contributed by atoms with Gasteiger partial charge in [-0.05, 0) is 61.1 Å². The van der Waals surface area contributed by atoms with Crippen LogP contribution in [-0.4, -0.2) is 88.8 Å². The topological polar surface area (TPSA) is 67.0 Å². The fourth-order valence-electron chi connectivity index (χ4n) is 8.16. The molecule has 9 nitrogen and oxygen atoms in total. The Bertz CT molecular complexity index is 1910. The van der Waals surface area contributed by atoms with E-state index in [2.05, 4.69) is 33.4 Å². The van der Waals surface area contributed by atoms with E-state index in [9.17, 15) is 4.79 Å². The molecule has 57 heavy (non-hydrogen) atoms. The summed E-state index contributed by atoms with van der Waals surface area (Å²) in [6.07, 6.45) is 2.86. The number of nitrogens with zero attached hydrogens (tertiary/aromatic N) is 4. The first-order valence-corrected chi connectivity index (χ1v) is 19.8. The highest BCUT2D eigenvalue weighted by Gasteiger charge is 2.44. The molecule has 4 aromatic carbocycles. The van der Waals surface area contributed by atoms with Crippen molar-refractivity contribution < 1.29 is 32.5 Å². The third-order valence-corrected chi connectivity index (χ3v) is 11.6. The van der Waals surface area contributed by atoms with Crippen LogP contribution in [-0.2, 0) is 27.5 Å². The molecule has 4 aromatic rings. The average Bonchev–Trinajstić information content (AvgIpc) is 3.25. The zero-order chi connectivity index (χ0) is 40.4. The summed E-state index contributed by atoms with van der Waals surface area (Å²) in [4.78, 5) is 21.5. The summed E-state index contributed by atoms with van der Waals surface area (Å²) >= 11 is 0. The van der Waals surface area contributed by atoms with Crippen LogP contribution < -0.4 is 19.3 Å². The minimum atomic E-state index is -1.44. The van der Waals surface area contributed by atoms with Crippen LogP contribution in [0.2, 0.25) is 0 Å². The third-order valence-electron chi connectivity index (χ3n) is 11.6. The van der Waals surface area contributed by atoms with Gasteiger partial charge >= 0.3 is 0 Å². The number of methoxy groups -OCH3 is 2. The molecule has 2 aliphatic heterocycles. The number of hydrogen-bond acceptors (Lipinski definition) is 9. The normalized spacial score (nSPS) is 16.7. The predicted octanol–water partition coefficient (Wildman–Crippen LogP) is 8.25. The number of likely N-dealkylation sites (N-methyl/N-ethyl adjacent to an activating group) is 1. The van der Waals surface area contributed by atoms with Crippen LogP contribution in [0.5, 0.6) is 11.5 Å². The van der Waals surface area contributed by atoms with Crippen LogP contribution in [0.15, 0.2) is 103 Å². The quantitative estimate of drug-likeness (QED) is 0.0734. The molecule has 0 aromatic heterocycles. The first kappa shape index (κ1) is 41.5. The Kier molecular flexibility index (Phi) is 14.1. The van der Waals surface area contributed by atoms with E-state index in [0.717, 1.165) is 63.0 Å². The fraction of sp³-hybridized carbons (Fsp3) is 0.413. The number of benzene rings is 4. The molecular formula is C46H56F2N4O5. The van der Waals surface area contributed by atoms with E-state index in [4.69, 9.17) is 18.9 Å². The molecule has 6 rings (SSSR count). The minimum Gasteiger partial charge on any atom is -0.496 e. The predicted molar refractivity (Wildman–Crippen MR) is 221 cm³/mol. The lowest BCUT2D eigenvalue weighted by molar-refractivity contribution is -0.131. The number of para-hydroxylation sites is 1. The number of rotatable bonds is 18. The second kappa shape index (κ2) is 19.3. The van der Waals surface area contributed by atoms with E-state index in [0.29, 0.717) is 54.2 Å². The molecule has 304 valence electrons. The summed E-state index contributed by atoms with van der Waals surface area (Å²) in [7, 11) is 4.72. The number of hydrogen-bond donors (Lipinski definition) is 0. The van der Waals surface area contributed by atoms with Gasteiger partial charge in [-0.25, -0.2) is 8.78 Å². The van der Waals surface area contributed by atoms with E-state index in [1.807, 2.05) is 55.5 Å². The summed E-state index contributed by atoms with van der Waals surface area (Å²) in [5, 5.41) is 0. The average molecular weight is 783 g/mol. The molecule has 2 aliphatic rings. The number of anilines is 2. The Hall–Kier alpha value is -5.13. The lowest BCUT2D eigenvalue weighted by atomic mass is 9.84. The van der Waals surface area contributed by atoms with Crippen LogP contribution in [0, 0.1) is 17.6 Å². The highest BCUT2D eigenvalue weighted by atomic mass is 19.1. The fourth-order valence-corrected chi connectivity index (χ4v) is 8.16. The van der Waals surface area contributed by atoms with Crippen LogP contribution in [0.4, 0.5) is 20.2 Å². The van der Waals surface area contributed by atoms with Gasteiger partial charge in [0.2, 0.25) is 0 Å². The molecule has 0 saturated carbocycles. The van der Waals surface area contributed by atoms with Gasteiger partial charge in [0.1, 0.15) is 30.4 Å². The minimum absolute atomic E-state index is 0.0139. The second-order valence-corrected chi connectivity index (χ2v) is 14.9. The molecule has 2 unspecified atom stereocenters. The zero-order valence-electron chi connectivity index (χ0n) is 33.7. The van der Waals surface area contributed by atoms with Crippen LogP contribution in [0.25, 0.3) is 0 Å². The van der Waals surface area contributed by atoms with Crippen molar-refractivity contribution in [3.63, 3.8) is 0 Å². The molecule has 11 heteroatoms. The Morgan fingerprint density at radius 1 is 0.877 bits per heavy atom. The van der Waals surface area contributed by atoms with E-state index in [1.165, 1.54) is 26.4 Å². The number of aldehydes is 1. The van der Waals surface area contributed by atoms with Crippen molar-refractivity contribution in [3.8, 4) is 11.5 Å². The van der Waals surface area contributed by atoms with E-state index >= 15 is 8.78 Å². The summed E-state index contributed by atoms with van der Waals surface area (Å²) in [5.74, 6) is 0.636. The van der Waals surface area contributed by atoms with Crippen molar-refractivity contribution in [1.82, 2.24) is 9.80 Å². The first-order chi connectivity index (χ1) is 27.7. The monoisotopic (exact) mass is 782 g/mol. The Labute approximate surface area is 336 Å². The molecule has 2 fully saturated rings. The summed E-state index contributed by atoms with van der Waals surface area (Å²) in [6, 6.07) is 26.5. The van der Waals surface area contributed by atoms with Crippen molar-refractivity contribution >= 4 is 17.7 Å². The molecule has 0 spiro atoms. The van der Waals surface area contributed by atoms with Crippen molar-refractivity contribution in [2.24, 2.45) is 5.92 Å². The third kappa shape index (κ3) is 9.71. The van der Waals surface area contributed by atoms with Crippen molar-refractivity contribution in [3.05, 3.63) is 132 Å². The van der Waals surface area contributed by atoms with Crippen molar-refractivity contribution in [2.45, 2.75) is 51.0 Å². The van der Waals surface area contributed by atoms with Gasteiger partial charge in [0.15, 0.2) is 23.7 Å². The first-order valence-electron chi connectivity index (χ1n) is 19.8. The van der Waals surface area contributed by atoms with E-state index < -0.39 is 23.3 Å². The maximum absolute atomic E-state index is 16.5. The number of ether oxygens (including phenoxy) is 4. The lowest BCUT2D eigenvalue weighted by Gasteiger charge is -2.42. The molecule has 0 N–H and O–H groups in total. The number of halogens is 2. The molecule has 0 bridgehead atoms. The van der Waals surface area contributed by atoms with Gasteiger partial charge in [0.05, 0.1) is 24.5 Å². The molecule has 0 aliphatic carbocycles. The largest absolute Gasteiger partial charge is 0.496 e. The van der Waals surface area contributed by atoms with Gasteiger partial charge < -0.3 is 38.4 Å². The maximum Gasteiger partial charge on any atom is 0.182 e. The highest BCUT2D eigenvalue weighted by Crippen LogP contribution is 2.46. The lowest BCUT2D eigenvalue weighted by Crippen LogP contribution is -2.48. The Morgan fingerprint density at radius 3 is 2.12 bits per heavy atom. The summed E-state index contributed by atoms with van der Waals surface area (Å²) in [5.41, 5.74) is 1.78. The van der Waals surface area contributed by atoms with E-state index in [1.54, 1.807) is 30.1 Å². The highest BCUT2D eigenvalue weighted by molar-refractivity contribution is 5.71. The zero-order valence-corrected chi connectivity index (χ0v) is 33.7. The van der Waals surface area contributed by atoms with Crippen molar-refractivity contribution in [1.29, 1.82) is 0 Å². The maximum atomic E-state index is 16.5. The van der Waals surface area contributed by atoms with Gasteiger partial charge in [-0.2, -0.15) is 0 Å². The smallest absolute Gasteiger partial charge is 0.182 e. The van der Waals surface area contributed by atoms with Crippen LogP contribution in [0.3, 0.4) is 0 Å². The van der Waals surface area contributed by atoms with Gasteiger partial charge in [-0.15, -0.1) is 0 Å². The molecule has 2 heterocycles. The molecule has 0 radical (unpaired) electrons. The number of piperazine rings is 1. The van der Waals surface area contributed by atoms with Gasteiger partial charge in [0, 0.05) is 71.6 Å². The standard InChI is InChI=1S/C46H56F2N4O5/c1-6-46(33-53,55-5)45(49(3)41-19-13-18-39(47)44(41)57-32-37-16-11-8-12-17-37)38-28-40(48)42(29-43(38)54-4)52-22-20-35(21-23-52)30-50-24-26-51(27-25-50)34(2)56-31-36-14-9-7-10-15-36/h7-19,28-29,33,35,45H,2,6,20-27,30-32H2,1,3-5H3. The molecule has 2 atom stereocenters. The second-order valence-electron chi connectivity index (χ2n) is 14.9. The SMILES string of the molecule is C=C(OCc1ccccc1)N1CCN(CC2CCN(c3cc(OC)c(C(N(C)c4cccc(F)c4OCc4ccccc4)C(C=O)(CC)OC)cc3F)CC2)CC1. The number of carbonyl (C=O) groups is 1. The Balaban J connectivity index is 1.14. The molecule has 0 amide bonds. The van der Waals surface area contributed by atoms with Crippen LogP contribution >= 0.6 is 0 Å². The molecule has 2 saturated heterocycles. The number of carbonyl (C=O) groups excluding carboxylic acids is 1. The van der Waals surface area contributed by atoms with Crippen molar-refractivity contribution in [2.75, 3.05) is 76.9 Å².